The zero-order chi connectivity index (χ0) is 17.6. The molecule has 0 aliphatic rings. The van der Waals surface area contributed by atoms with Crippen LogP contribution in [0.15, 0.2) is 53.7 Å². The summed E-state index contributed by atoms with van der Waals surface area (Å²) in [4.78, 5) is 14.4. The molecule has 0 radical (unpaired) electrons. The van der Waals surface area contributed by atoms with Gasteiger partial charge in [-0.1, -0.05) is 18.2 Å². The summed E-state index contributed by atoms with van der Waals surface area (Å²) in [6.45, 7) is 0.962. The van der Waals surface area contributed by atoms with Crippen molar-refractivity contribution in [3.63, 3.8) is 0 Å². The van der Waals surface area contributed by atoms with E-state index in [4.69, 9.17) is 0 Å². The van der Waals surface area contributed by atoms with Gasteiger partial charge in [0.25, 0.3) is 5.69 Å². The van der Waals surface area contributed by atoms with Crippen molar-refractivity contribution in [2.24, 2.45) is 4.99 Å². The maximum atomic E-state index is 10.7. The Hall–Kier alpha value is -3.49. The summed E-state index contributed by atoms with van der Waals surface area (Å²) in [6, 6.07) is 12.1. The molecule has 128 valence electrons. The van der Waals surface area contributed by atoms with Crippen molar-refractivity contribution in [3.8, 4) is 0 Å². The van der Waals surface area contributed by atoms with Crippen LogP contribution in [0.4, 0.5) is 5.69 Å². The Kier molecular flexibility index (Phi) is 4.84. The van der Waals surface area contributed by atoms with Gasteiger partial charge in [0.05, 0.1) is 11.5 Å². The SMILES string of the molecule is CN=C(NCc1ccc([N+](=O)[O-])cc1)NCc1nnc2ccccn12. The second kappa shape index (κ2) is 7.39. The number of non-ortho nitro benzene ring substituents is 1. The molecule has 2 aromatic heterocycles. The number of pyridine rings is 1. The number of hydrogen-bond donors (Lipinski definition) is 2. The van der Waals surface area contributed by atoms with E-state index >= 15 is 0 Å². The average molecular weight is 339 g/mol. The molecule has 0 atom stereocenters. The predicted octanol–water partition coefficient (Wildman–Crippen LogP) is 1.50. The van der Waals surface area contributed by atoms with Crippen molar-refractivity contribution < 1.29 is 4.92 Å². The van der Waals surface area contributed by atoms with Gasteiger partial charge in [-0.05, 0) is 17.7 Å². The molecule has 0 saturated carbocycles. The Balaban J connectivity index is 1.57. The van der Waals surface area contributed by atoms with E-state index in [2.05, 4.69) is 25.8 Å². The van der Waals surface area contributed by atoms with E-state index in [1.807, 2.05) is 28.8 Å². The third-order valence-corrected chi connectivity index (χ3v) is 3.63. The summed E-state index contributed by atoms with van der Waals surface area (Å²) >= 11 is 0. The standard InChI is InChI=1S/C16H17N7O2/c1-17-16(18-10-12-5-7-13(8-6-12)23(24)25)19-11-15-21-20-14-4-2-3-9-22(14)15/h2-9H,10-11H2,1H3,(H2,17,18,19). The second-order valence-corrected chi connectivity index (χ2v) is 5.25. The summed E-state index contributed by atoms with van der Waals surface area (Å²) in [5.74, 6) is 1.37. The van der Waals surface area contributed by atoms with Crippen LogP contribution in [0.3, 0.4) is 0 Å². The molecule has 9 nitrogen and oxygen atoms in total. The van der Waals surface area contributed by atoms with Crippen LogP contribution in [0.1, 0.15) is 11.4 Å². The van der Waals surface area contributed by atoms with Gasteiger partial charge in [0.15, 0.2) is 17.4 Å². The van der Waals surface area contributed by atoms with Gasteiger partial charge in [-0.3, -0.25) is 19.5 Å². The molecule has 0 spiro atoms. The Bertz CT molecular complexity index is 902. The maximum absolute atomic E-state index is 10.7. The summed E-state index contributed by atoms with van der Waals surface area (Å²) in [6.07, 6.45) is 1.90. The molecule has 9 heteroatoms. The molecule has 0 amide bonds. The second-order valence-electron chi connectivity index (χ2n) is 5.25. The minimum Gasteiger partial charge on any atom is -0.352 e. The molecular formula is C16H17N7O2. The predicted molar refractivity (Wildman–Crippen MR) is 93.1 cm³/mol. The number of fused-ring (bicyclic) bond motifs is 1. The number of aromatic nitrogens is 3. The van der Waals surface area contributed by atoms with Crippen LogP contribution in [0.5, 0.6) is 0 Å². The molecule has 3 aromatic rings. The average Bonchev–Trinajstić information content (AvgIpc) is 3.05. The first-order chi connectivity index (χ1) is 12.2. The van der Waals surface area contributed by atoms with E-state index in [0.29, 0.717) is 19.0 Å². The number of nitro benzene ring substituents is 1. The molecule has 2 heterocycles. The van der Waals surface area contributed by atoms with Crippen LogP contribution in [0.2, 0.25) is 0 Å². The van der Waals surface area contributed by atoms with E-state index < -0.39 is 4.92 Å². The molecule has 3 rings (SSSR count). The smallest absolute Gasteiger partial charge is 0.269 e. The lowest BCUT2D eigenvalue weighted by molar-refractivity contribution is -0.384. The van der Waals surface area contributed by atoms with Crippen molar-refractivity contribution in [1.82, 2.24) is 25.2 Å². The summed E-state index contributed by atoms with van der Waals surface area (Å²) in [5.41, 5.74) is 1.78. The van der Waals surface area contributed by atoms with E-state index in [9.17, 15) is 10.1 Å². The molecular weight excluding hydrogens is 322 g/mol. The van der Waals surface area contributed by atoms with Gasteiger partial charge in [0.2, 0.25) is 0 Å². The van der Waals surface area contributed by atoms with Gasteiger partial charge in [-0.2, -0.15) is 0 Å². The Morgan fingerprint density at radius 2 is 1.92 bits per heavy atom. The van der Waals surface area contributed by atoms with Gasteiger partial charge in [0.1, 0.15) is 0 Å². The van der Waals surface area contributed by atoms with Gasteiger partial charge in [-0.15, -0.1) is 10.2 Å². The highest BCUT2D eigenvalue weighted by Gasteiger charge is 2.07. The lowest BCUT2D eigenvalue weighted by Gasteiger charge is -2.11. The third-order valence-electron chi connectivity index (χ3n) is 3.63. The highest BCUT2D eigenvalue weighted by atomic mass is 16.6. The van der Waals surface area contributed by atoms with E-state index in [1.165, 1.54) is 12.1 Å². The first-order valence-electron chi connectivity index (χ1n) is 7.64. The summed E-state index contributed by atoms with van der Waals surface area (Å²) in [7, 11) is 1.67. The molecule has 1 aromatic carbocycles. The van der Waals surface area contributed by atoms with Crippen LogP contribution in [0.25, 0.3) is 5.65 Å². The highest BCUT2D eigenvalue weighted by Crippen LogP contribution is 2.11. The minimum absolute atomic E-state index is 0.0740. The first kappa shape index (κ1) is 16.4. The Morgan fingerprint density at radius 3 is 2.64 bits per heavy atom. The summed E-state index contributed by atoms with van der Waals surface area (Å²) in [5, 5.41) is 25.2. The van der Waals surface area contributed by atoms with Crippen LogP contribution in [-0.4, -0.2) is 32.5 Å². The molecule has 0 fully saturated rings. The minimum atomic E-state index is -0.416. The lowest BCUT2D eigenvalue weighted by atomic mass is 10.2. The van der Waals surface area contributed by atoms with Crippen LogP contribution in [-0.2, 0) is 13.1 Å². The molecule has 2 N–H and O–H groups in total. The number of nitrogens with one attached hydrogen (secondary N) is 2. The van der Waals surface area contributed by atoms with Gasteiger partial charge < -0.3 is 10.6 Å². The fourth-order valence-electron chi connectivity index (χ4n) is 2.32. The molecule has 0 bridgehead atoms. The highest BCUT2D eigenvalue weighted by molar-refractivity contribution is 5.79. The Morgan fingerprint density at radius 1 is 1.16 bits per heavy atom. The van der Waals surface area contributed by atoms with E-state index in [0.717, 1.165) is 17.0 Å². The van der Waals surface area contributed by atoms with E-state index in [-0.39, 0.29) is 5.69 Å². The zero-order valence-electron chi connectivity index (χ0n) is 13.6. The normalized spacial score (nSPS) is 11.5. The topological polar surface area (TPSA) is 110 Å². The molecule has 0 aliphatic heterocycles. The maximum Gasteiger partial charge on any atom is 0.269 e. The Labute approximate surface area is 143 Å². The molecule has 25 heavy (non-hydrogen) atoms. The fraction of sp³-hybridized carbons (Fsp3) is 0.188. The monoisotopic (exact) mass is 339 g/mol. The third kappa shape index (κ3) is 3.89. The number of nitrogens with zero attached hydrogens (tertiary/aromatic N) is 5. The first-order valence-corrected chi connectivity index (χ1v) is 7.64. The molecule has 0 aliphatic carbocycles. The number of benzene rings is 1. The zero-order valence-corrected chi connectivity index (χ0v) is 13.6. The largest absolute Gasteiger partial charge is 0.352 e. The van der Waals surface area contributed by atoms with Crippen LogP contribution < -0.4 is 10.6 Å². The number of guanidine groups is 1. The molecule has 0 saturated heterocycles. The number of hydrogen-bond acceptors (Lipinski definition) is 5. The van der Waals surface area contributed by atoms with Crippen molar-refractivity contribution in [2.45, 2.75) is 13.1 Å². The quantitative estimate of drug-likeness (QED) is 0.315. The van der Waals surface area contributed by atoms with Crippen LogP contribution in [0, 0.1) is 10.1 Å². The van der Waals surface area contributed by atoms with Gasteiger partial charge in [-0.25, -0.2) is 0 Å². The number of aliphatic imine (C=N–C) groups is 1. The summed E-state index contributed by atoms with van der Waals surface area (Å²) < 4.78 is 1.90. The van der Waals surface area contributed by atoms with Gasteiger partial charge in [0, 0.05) is 31.9 Å². The van der Waals surface area contributed by atoms with Gasteiger partial charge >= 0.3 is 0 Å². The number of nitro groups is 1. The lowest BCUT2D eigenvalue weighted by Crippen LogP contribution is -2.36. The molecule has 0 unspecified atom stereocenters. The van der Waals surface area contributed by atoms with E-state index in [1.54, 1.807) is 19.2 Å². The number of rotatable bonds is 5. The van der Waals surface area contributed by atoms with Crippen molar-refractivity contribution >= 4 is 17.3 Å². The van der Waals surface area contributed by atoms with Crippen molar-refractivity contribution in [3.05, 3.63) is 70.2 Å². The van der Waals surface area contributed by atoms with Crippen molar-refractivity contribution in [1.29, 1.82) is 0 Å². The van der Waals surface area contributed by atoms with Crippen LogP contribution >= 0.6 is 0 Å². The fourth-order valence-corrected chi connectivity index (χ4v) is 2.32. The van der Waals surface area contributed by atoms with Crippen molar-refractivity contribution in [2.75, 3.05) is 7.05 Å².